The summed E-state index contributed by atoms with van der Waals surface area (Å²) < 4.78 is 0. The molecule has 0 aromatic heterocycles. The first-order valence-electron chi connectivity index (χ1n) is 5.82. The third kappa shape index (κ3) is 2.91. The normalized spacial score (nSPS) is 10.9. The van der Waals surface area contributed by atoms with Crippen LogP contribution in [0.25, 0.3) is 11.1 Å². The van der Waals surface area contributed by atoms with Crippen LogP contribution in [0.1, 0.15) is 11.5 Å². The first-order chi connectivity index (χ1) is 8.74. The summed E-state index contributed by atoms with van der Waals surface area (Å²) in [7, 11) is 0. The van der Waals surface area contributed by atoms with E-state index in [1.807, 2.05) is 48.5 Å². The molecule has 0 fully saturated rings. The molecule has 0 bridgehead atoms. The zero-order chi connectivity index (χ0) is 13.0. The Labute approximate surface area is 111 Å². The summed E-state index contributed by atoms with van der Waals surface area (Å²) >= 11 is 5.86. The molecule has 94 valence electrons. The number of aliphatic hydroxyl groups excluding tert-OH is 2. The lowest BCUT2D eigenvalue weighted by molar-refractivity contribution is 0.192. The van der Waals surface area contributed by atoms with E-state index in [1.165, 1.54) is 0 Å². The minimum Gasteiger partial charge on any atom is -0.396 e. The van der Waals surface area contributed by atoms with E-state index >= 15 is 0 Å². The van der Waals surface area contributed by atoms with Crippen molar-refractivity contribution in [3.05, 3.63) is 59.1 Å². The van der Waals surface area contributed by atoms with Crippen LogP contribution in [-0.2, 0) is 0 Å². The van der Waals surface area contributed by atoms with Crippen molar-refractivity contribution in [1.29, 1.82) is 0 Å². The Morgan fingerprint density at radius 3 is 2.17 bits per heavy atom. The summed E-state index contributed by atoms with van der Waals surface area (Å²) in [5.74, 6) is -0.225. The second-order valence-electron chi connectivity index (χ2n) is 4.19. The van der Waals surface area contributed by atoms with Gasteiger partial charge in [0.25, 0.3) is 0 Å². The summed E-state index contributed by atoms with van der Waals surface area (Å²) in [6.45, 7) is -0.110. The number of benzene rings is 2. The molecule has 0 atom stereocenters. The first kappa shape index (κ1) is 13.1. The molecule has 0 aliphatic heterocycles. The average Bonchev–Trinajstić information content (AvgIpc) is 2.41. The molecule has 2 nitrogen and oxygen atoms in total. The number of hydrogen-bond acceptors (Lipinski definition) is 2. The molecule has 2 aromatic carbocycles. The van der Waals surface area contributed by atoms with Gasteiger partial charge in [0.2, 0.25) is 0 Å². The van der Waals surface area contributed by atoms with Gasteiger partial charge in [-0.25, -0.2) is 0 Å². The molecule has 0 aliphatic carbocycles. The highest BCUT2D eigenvalue weighted by molar-refractivity contribution is 6.30. The monoisotopic (exact) mass is 262 g/mol. The fourth-order valence-corrected chi connectivity index (χ4v) is 2.01. The van der Waals surface area contributed by atoms with Gasteiger partial charge in [0.05, 0.1) is 13.2 Å². The van der Waals surface area contributed by atoms with E-state index in [2.05, 4.69) is 0 Å². The molecule has 0 radical (unpaired) electrons. The maximum Gasteiger partial charge on any atom is 0.0521 e. The summed E-state index contributed by atoms with van der Waals surface area (Å²) in [6.07, 6.45) is 0. The maximum atomic E-state index is 9.20. The molecular weight excluding hydrogens is 248 g/mol. The van der Waals surface area contributed by atoms with Crippen LogP contribution in [0.15, 0.2) is 48.5 Å². The van der Waals surface area contributed by atoms with Crippen LogP contribution in [0.4, 0.5) is 0 Å². The summed E-state index contributed by atoms with van der Waals surface area (Å²) in [5, 5.41) is 19.1. The van der Waals surface area contributed by atoms with Crippen molar-refractivity contribution in [2.45, 2.75) is 5.92 Å². The summed E-state index contributed by atoms with van der Waals surface area (Å²) in [4.78, 5) is 0. The van der Waals surface area contributed by atoms with Gasteiger partial charge in [-0.3, -0.25) is 0 Å². The molecule has 2 aromatic rings. The Morgan fingerprint density at radius 2 is 1.56 bits per heavy atom. The molecule has 0 unspecified atom stereocenters. The SMILES string of the molecule is OCC(CO)c1cccc(-c2ccc(Cl)cc2)c1. The van der Waals surface area contributed by atoms with Gasteiger partial charge < -0.3 is 10.2 Å². The maximum absolute atomic E-state index is 9.20. The molecule has 0 spiro atoms. The van der Waals surface area contributed by atoms with Crippen LogP contribution in [0.3, 0.4) is 0 Å². The van der Waals surface area contributed by atoms with Crippen molar-refractivity contribution in [1.82, 2.24) is 0 Å². The largest absolute Gasteiger partial charge is 0.396 e. The second-order valence-corrected chi connectivity index (χ2v) is 4.63. The van der Waals surface area contributed by atoms with Crippen LogP contribution in [0.5, 0.6) is 0 Å². The molecule has 0 saturated carbocycles. The Kier molecular flexibility index (Phi) is 4.37. The van der Waals surface area contributed by atoms with E-state index in [-0.39, 0.29) is 19.1 Å². The smallest absolute Gasteiger partial charge is 0.0521 e. The highest BCUT2D eigenvalue weighted by Crippen LogP contribution is 2.25. The Balaban J connectivity index is 2.34. The Bertz CT molecular complexity index is 504. The Morgan fingerprint density at radius 1 is 0.889 bits per heavy atom. The minimum atomic E-state index is -0.225. The average molecular weight is 263 g/mol. The third-order valence-corrected chi connectivity index (χ3v) is 3.23. The zero-order valence-electron chi connectivity index (χ0n) is 9.88. The molecule has 0 heterocycles. The number of aliphatic hydroxyl groups is 2. The topological polar surface area (TPSA) is 40.5 Å². The molecule has 0 saturated heterocycles. The number of rotatable bonds is 4. The van der Waals surface area contributed by atoms with Crippen molar-refractivity contribution in [2.24, 2.45) is 0 Å². The lowest BCUT2D eigenvalue weighted by atomic mass is 9.96. The van der Waals surface area contributed by atoms with Crippen LogP contribution >= 0.6 is 11.6 Å². The lowest BCUT2D eigenvalue weighted by Gasteiger charge is -2.12. The van der Waals surface area contributed by atoms with Crippen LogP contribution in [0, 0.1) is 0 Å². The summed E-state index contributed by atoms with van der Waals surface area (Å²) in [6, 6.07) is 15.4. The van der Waals surface area contributed by atoms with Crippen molar-refractivity contribution in [3.63, 3.8) is 0 Å². The van der Waals surface area contributed by atoms with Crippen molar-refractivity contribution in [2.75, 3.05) is 13.2 Å². The molecule has 0 amide bonds. The van der Waals surface area contributed by atoms with Crippen molar-refractivity contribution >= 4 is 11.6 Å². The highest BCUT2D eigenvalue weighted by atomic mass is 35.5. The number of hydrogen-bond donors (Lipinski definition) is 2. The van der Waals surface area contributed by atoms with Gasteiger partial charge in [0.1, 0.15) is 0 Å². The van der Waals surface area contributed by atoms with Crippen LogP contribution in [-0.4, -0.2) is 23.4 Å². The minimum absolute atomic E-state index is 0.0550. The van der Waals surface area contributed by atoms with Gasteiger partial charge in [-0.15, -0.1) is 0 Å². The van der Waals surface area contributed by atoms with E-state index in [0.29, 0.717) is 5.02 Å². The fraction of sp³-hybridized carbons (Fsp3) is 0.200. The standard InChI is InChI=1S/C15H15ClO2/c16-15-6-4-11(5-7-15)12-2-1-3-13(8-12)14(9-17)10-18/h1-8,14,17-18H,9-10H2. The lowest BCUT2D eigenvalue weighted by Crippen LogP contribution is -2.08. The van der Waals surface area contributed by atoms with Gasteiger partial charge in [-0.2, -0.15) is 0 Å². The molecule has 3 heteroatoms. The van der Waals surface area contributed by atoms with Crippen molar-refractivity contribution < 1.29 is 10.2 Å². The summed E-state index contributed by atoms with van der Waals surface area (Å²) in [5.41, 5.74) is 3.05. The van der Waals surface area contributed by atoms with E-state index in [1.54, 1.807) is 0 Å². The first-order valence-corrected chi connectivity index (χ1v) is 6.20. The van der Waals surface area contributed by atoms with Crippen molar-refractivity contribution in [3.8, 4) is 11.1 Å². The van der Waals surface area contributed by atoms with E-state index in [9.17, 15) is 10.2 Å². The van der Waals surface area contributed by atoms with Crippen LogP contribution in [0.2, 0.25) is 5.02 Å². The van der Waals surface area contributed by atoms with Crippen LogP contribution < -0.4 is 0 Å². The molecular formula is C15H15ClO2. The van der Waals surface area contributed by atoms with Gasteiger partial charge in [-0.05, 0) is 28.8 Å². The zero-order valence-corrected chi connectivity index (χ0v) is 10.6. The molecule has 2 N–H and O–H groups in total. The predicted octanol–water partition coefficient (Wildman–Crippen LogP) is 3.08. The number of halogens is 1. The third-order valence-electron chi connectivity index (χ3n) is 2.98. The second kappa shape index (κ2) is 6.01. The predicted molar refractivity (Wildman–Crippen MR) is 73.8 cm³/mol. The molecule has 2 rings (SSSR count). The van der Waals surface area contributed by atoms with Gasteiger partial charge in [-0.1, -0.05) is 48.0 Å². The van der Waals surface area contributed by atoms with Gasteiger partial charge in [0.15, 0.2) is 0 Å². The quantitative estimate of drug-likeness (QED) is 0.889. The van der Waals surface area contributed by atoms with Gasteiger partial charge >= 0.3 is 0 Å². The van der Waals surface area contributed by atoms with E-state index in [0.717, 1.165) is 16.7 Å². The fourth-order valence-electron chi connectivity index (χ4n) is 1.88. The molecule has 0 aliphatic rings. The van der Waals surface area contributed by atoms with E-state index < -0.39 is 0 Å². The molecule has 18 heavy (non-hydrogen) atoms. The Hall–Kier alpha value is -1.35. The highest BCUT2D eigenvalue weighted by Gasteiger charge is 2.09. The van der Waals surface area contributed by atoms with Gasteiger partial charge in [0, 0.05) is 10.9 Å². The van der Waals surface area contributed by atoms with E-state index in [4.69, 9.17) is 11.6 Å².